The second kappa shape index (κ2) is 5.39. The van der Waals surface area contributed by atoms with Crippen LogP contribution in [0.5, 0.6) is 0 Å². The van der Waals surface area contributed by atoms with E-state index in [0.717, 1.165) is 0 Å². The van der Waals surface area contributed by atoms with Gasteiger partial charge in [-0.3, -0.25) is 4.72 Å². The monoisotopic (exact) mass is 312 g/mol. The molecular formula is C9H10Cl2N2O2S2. The summed E-state index contributed by atoms with van der Waals surface area (Å²) in [4.78, 5) is -0.0995. The lowest BCUT2D eigenvalue weighted by atomic mass is 10.3. The van der Waals surface area contributed by atoms with Crippen molar-refractivity contribution in [1.82, 2.24) is 0 Å². The second-order valence-electron chi connectivity index (χ2n) is 3.32. The minimum absolute atomic E-state index is 0.0995. The molecule has 1 aromatic rings. The number of nitrogens with one attached hydrogen (secondary N) is 1. The van der Waals surface area contributed by atoms with Gasteiger partial charge >= 0.3 is 0 Å². The van der Waals surface area contributed by atoms with Gasteiger partial charge in [-0.15, -0.1) is 0 Å². The summed E-state index contributed by atoms with van der Waals surface area (Å²) in [6.45, 7) is 1.40. The molecule has 0 fully saturated rings. The SMILES string of the molecule is CC(C(N)=S)S(=O)(=O)Nc1ccc(Cl)c(Cl)c1. The summed E-state index contributed by atoms with van der Waals surface area (Å²) in [5.74, 6) is 0. The third-order valence-electron chi connectivity index (χ3n) is 2.05. The Hall–Kier alpha value is -0.560. The molecule has 0 spiro atoms. The molecule has 1 rings (SSSR count). The number of sulfonamides is 1. The smallest absolute Gasteiger partial charge is 0.241 e. The fraction of sp³-hybridized carbons (Fsp3) is 0.222. The topological polar surface area (TPSA) is 72.2 Å². The molecule has 1 unspecified atom stereocenters. The van der Waals surface area contributed by atoms with Crippen LogP contribution in [0.15, 0.2) is 18.2 Å². The van der Waals surface area contributed by atoms with E-state index in [1.807, 2.05) is 0 Å². The Morgan fingerprint density at radius 1 is 1.41 bits per heavy atom. The Labute approximate surface area is 115 Å². The Balaban J connectivity index is 2.98. The van der Waals surface area contributed by atoms with Gasteiger partial charge in [-0.1, -0.05) is 35.4 Å². The van der Waals surface area contributed by atoms with Gasteiger partial charge < -0.3 is 5.73 Å². The molecule has 0 aliphatic carbocycles. The van der Waals surface area contributed by atoms with Crippen LogP contribution in [0, 0.1) is 0 Å². The molecule has 17 heavy (non-hydrogen) atoms. The minimum Gasteiger partial charge on any atom is -0.392 e. The summed E-state index contributed by atoms with van der Waals surface area (Å²) in [6.07, 6.45) is 0. The third-order valence-corrected chi connectivity index (χ3v) is 4.99. The van der Waals surface area contributed by atoms with Crippen molar-refractivity contribution in [3.05, 3.63) is 28.2 Å². The Morgan fingerprint density at radius 3 is 2.47 bits per heavy atom. The highest BCUT2D eigenvalue weighted by Crippen LogP contribution is 2.25. The average Bonchev–Trinajstić information content (AvgIpc) is 2.22. The van der Waals surface area contributed by atoms with Gasteiger partial charge in [0.1, 0.15) is 5.25 Å². The van der Waals surface area contributed by atoms with Gasteiger partial charge in [-0.05, 0) is 25.1 Å². The molecule has 8 heteroatoms. The highest BCUT2D eigenvalue weighted by Gasteiger charge is 2.23. The zero-order valence-electron chi connectivity index (χ0n) is 8.78. The predicted octanol–water partition coefficient (Wildman–Crippen LogP) is 2.41. The molecule has 0 amide bonds. The number of hydrogen-bond donors (Lipinski definition) is 2. The molecule has 0 aliphatic heterocycles. The van der Waals surface area contributed by atoms with Gasteiger partial charge in [0.2, 0.25) is 10.0 Å². The lowest BCUT2D eigenvalue weighted by Gasteiger charge is -2.13. The number of thiocarbonyl (C=S) groups is 1. The van der Waals surface area contributed by atoms with Gasteiger partial charge in [-0.2, -0.15) is 0 Å². The summed E-state index contributed by atoms with van der Waals surface area (Å²) in [6, 6.07) is 4.40. The molecule has 0 aliphatic rings. The highest BCUT2D eigenvalue weighted by atomic mass is 35.5. The van der Waals surface area contributed by atoms with Crippen LogP contribution in [0.3, 0.4) is 0 Å². The first-order chi connectivity index (χ1) is 7.74. The van der Waals surface area contributed by atoms with Crippen LogP contribution in [-0.4, -0.2) is 18.7 Å². The first-order valence-electron chi connectivity index (χ1n) is 4.50. The number of hydrogen-bond acceptors (Lipinski definition) is 3. The Kier molecular flexibility index (Phi) is 4.60. The molecular weight excluding hydrogens is 303 g/mol. The van der Waals surface area contributed by atoms with Crippen LogP contribution >= 0.6 is 35.4 Å². The largest absolute Gasteiger partial charge is 0.392 e. The Bertz CT molecular complexity index is 546. The minimum atomic E-state index is -3.66. The van der Waals surface area contributed by atoms with E-state index in [4.69, 9.17) is 28.9 Å². The van der Waals surface area contributed by atoms with Crippen LogP contribution in [0.25, 0.3) is 0 Å². The number of rotatable bonds is 4. The van der Waals surface area contributed by atoms with E-state index in [1.165, 1.54) is 25.1 Å². The molecule has 1 aromatic carbocycles. The van der Waals surface area contributed by atoms with E-state index in [9.17, 15) is 8.42 Å². The van der Waals surface area contributed by atoms with Gasteiger partial charge in [-0.25, -0.2) is 8.42 Å². The van der Waals surface area contributed by atoms with Gasteiger partial charge in [0.15, 0.2) is 0 Å². The molecule has 1 atom stereocenters. The standard InChI is InChI=1S/C9H10Cl2N2O2S2/c1-5(9(12)16)17(14,15)13-6-2-3-7(10)8(11)4-6/h2-5,13H,1H3,(H2,12,16). The van der Waals surface area contributed by atoms with E-state index in [1.54, 1.807) is 0 Å². The van der Waals surface area contributed by atoms with Crippen LogP contribution in [-0.2, 0) is 10.0 Å². The maximum absolute atomic E-state index is 11.8. The van der Waals surface area contributed by atoms with Crippen molar-refractivity contribution in [3.63, 3.8) is 0 Å². The zero-order chi connectivity index (χ0) is 13.2. The fourth-order valence-corrected chi connectivity index (χ4v) is 2.58. The number of nitrogens with two attached hydrogens (primary N) is 1. The lowest BCUT2D eigenvalue weighted by molar-refractivity contribution is 0.598. The van der Waals surface area contributed by atoms with Crippen LogP contribution in [0.4, 0.5) is 5.69 Å². The van der Waals surface area contributed by atoms with Crippen molar-refractivity contribution in [1.29, 1.82) is 0 Å². The van der Waals surface area contributed by atoms with Crippen molar-refractivity contribution >= 4 is 56.1 Å². The highest BCUT2D eigenvalue weighted by molar-refractivity contribution is 7.95. The predicted molar refractivity (Wildman–Crippen MR) is 75.3 cm³/mol. The number of halogens is 2. The lowest BCUT2D eigenvalue weighted by Crippen LogP contribution is -2.35. The maximum atomic E-state index is 11.8. The molecule has 0 aromatic heterocycles. The van der Waals surface area contributed by atoms with Crippen molar-refractivity contribution in [2.45, 2.75) is 12.2 Å². The number of benzene rings is 1. The van der Waals surface area contributed by atoms with E-state index in [0.29, 0.717) is 10.7 Å². The fourth-order valence-electron chi connectivity index (χ4n) is 0.965. The maximum Gasteiger partial charge on any atom is 0.241 e. The molecule has 4 nitrogen and oxygen atoms in total. The van der Waals surface area contributed by atoms with E-state index in [2.05, 4.69) is 16.9 Å². The average molecular weight is 313 g/mol. The zero-order valence-corrected chi connectivity index (χ0v) is 11.9. The summed E-state index contributed by atoms with van der Waals surface area (Å²) in [5, 5.41) is -0.362. The van der Waals surface area contributed by atoms with Crippen molar-refractivity contribution in [3.8, 4) is 0 Å². The number of anilines is 1. The molecule has 0 saturated heterocycles. The summed E-state index contributed by atoms with van der Waals surface area (Å²) in [7, 11) is -3.66. The molecule has 94 valence electrons. The van der Waals surface area contributed by atoms with Gasteiger partial charge in [0, 0.05) is 0 Å². The van der Waals surface area contributed by atoms with Gasteiger partial charge in [0.25, 0.3) is 0 Å². The molecule has 0 bridgehead atoms. The quantitative estimate of drug-likeness (QED) is 0.837. The first-order valence-corrected chi connectivity index (χ1v) is 7.21. The van der Waals surface area contributed by atoms with Crippen molar-refractivity contribution in [2.75, 3.05) is 4.72 Å². The van der Waals surface area contributed by atoms with Crippen molar-refractivity contribution < 1.29 is 8.42 Å². The molecule has 3 N–H and O–H groups in total. The van der Waals surface area contributed by atoms with Crippen LogP contribution in [0.1, 0.15) is 6.92 Å². The van der Waals surface area contributed by atoms with Crippen molar-refractivity contribution in [2.24, 2.45) is 5.73 Å². The Morgan fingerprint density at radius 2 is 2.00 bits per heavy atom. The third kappa shape index (κ3) is 3.70. The molecule has 0 heterocycles. The van der Waals surface area contributed by atoms with E-state index in [-0.39, 0.29) is 10.0 Å². The molecule has 0 saturated carbocycles. The first kappa shape index (κ1) is 14.5. The van der Waals surface area contributed by atoms with E-state index >= 15 is 0 Å². The summed E-state index contributed by atoms with van der Waals surface area (Å²) >= 11 is 16.1. The van der Waals surface area contributed by atoms with Crippen LogP contribution < -0.4 is 10.5 Å². The van der Waals surface area contributed by atoms with Gasteiger partial charge in [0.05, 0.1) is 20.7 Å². The summed E-state index contributed by atoms with van der Waals surface area (Å²) < 4.78 is 25.9. The van der Waals surface area contributed by atoms with E-state index < -0.39 is 15.3 Å². The van der Waals surface area contributed by atoms with Crippen LogP contribution in [0.2, 0.25) is 10.0 Å². The normalized spacial score (nSPS) is 13.1. The molecule has 0 radical (unpaired) electrons. The second-order valence-corrected chi connectivity index (χ2v) is 6.61. The summed E-state index contributed by atoms with van der Waals surface area (Å²) in [5.41, 5.74) is 5.60.